The van der Waals surface area contributed by atoms with Crippen molar-refractivity contribution in [2.75, 3.05) is 36.5 Å². The van der Waals surface area contributed by atoms with Gasteiger partial charge >= 0.3 is 0 Å². The number of nitrogens with two attached hydrogens (primary N) is 3. The van der Waals surface area contributed by atoms with Crippen molar-refractivity contribution in [3.63, 3.8) is 0 Å². The number of carbonyl (C=O) groups is 2. The van der Waals surface area contributed by atoms with Crippen molar-refractivity contribution in [3.05, 3.63) is 36.0 Å². The first kappa shape index (κ1) is 20.3. The van der Waals surface area contributed by atoms with Crippen LogP contribution in [0.3, 0.4) is 0 Å². The number of nitrogen functional groups attached to an aromatic ring is 2. The lowest BCUT2D eigenvalue weighted by atomic mass is 9.96. The Kier molecular flexibility index (Phi) is 5.24. The van der Waals surface area contributed by atoms with Gasteiger partial charge in [-0.05, 0) is 37.1 Å². The summed E-state index contributed by atoms with van der Waals surface area (Å²) in [6.45, 7) is 1.05. The molecule has 3 heterocycles. The molecule has 0 radical (unpaired) electrons. The number of hydrogen-bond donors (Lipinski definition) is 3. The molecule has 0 saturated carbocycles. The van der Waals surface area contributed by atoms with Crippen molar-refractivity contribution >= 4 is 46.2 Å². The molecule has 0 aliphatic carbocycles. The smallest absolute Gasteiger partial charge is 0.253 e. The average Bonchev–Trinajstić information content (AvgIpc) is 2.78. The molecule has 0 bridgehead atoms. The lowest BCUT2D eigenvalue weighted by Gasteiger charge is -2.30. The minimum absolute atomic E-state index is 0.0412. The fourth-order valence-electron chi connectivity index (χ4n) is 3.61. The minimum atomic E-state index is -0.298. The molecule has 2 amide bonds. The highest BCUT2D eigenvalue weighted by Crippen LogP contribution is 2.25. The van der Waals surface area contributed by atoms with Crippen LogP contribution in [0.4, 0.5) is 23.3 Å². The van der Waals surface area contributed by atoms with Crippen LogP contribution in [-0.2, 0) is 4.79 Å². The van der Waals surface area contributed by atoms with E-state index in [9.17, 15) is 9.59 Å². The van der Waals surface area contributed by atoms with Gasteiger partial charge in [0.25, 0.3) is 5.91 Å². The first-order chi connectivity index (χ1) is 14.8. The summed E-state index contributed by atoms with van der Waals surface area (Å²) in [6.07, 6.45) is 2.76. The molecule has 1 saturated heterocycles. The van der Waals surface area contributed by atoms with E-state index < -0.39 is 0 Å². The number of piperidine rings is 1. The number of anilines is 4. The Labute approximate surface area is 178 Å². The number of hydrogen-bond acceptors (Lipinski definition) is 9. The average molecular weight is 421 g/mol. The number of rotatable bonds is 4. The van der Waals surface area contributed by atoms with Crippen LogP contribution in [0, 0.1) is 5.92 Å². The first-order valence-corrected chi connectivity index (χ1v) is 9.81. The number of nitrogens with zero attached hydrogens (tertiary/aromatic N) is 6. The summed E-state index contributed by atoms with van der Waals surface area (Å²) in [7, 11) is 1.83. The molecule has 4 rings (SSSR count). The third-order valence-corrected chi connectivity index (χ3v) is 5.47. The summed E-state index contributed by atoms with van der Waals surface area (Å²) in [4.78, 5) is 44.4. The van der Waals surface area contributed by atoms with Crippen LogP contribution >= 0.6 is 0 Å². The number of benzene rings is 1. The Balaban J connectivity index is 1.49. The zero-order valence-electron chi connectivity index (χ0n) is 17.0. The standard InChI is InChI=1S/C20H23N9O2/c1-28(14-10-24-18-15(25-14)16(21)26-20(23)27-18)13-4-2-12(3-5-13)19(31)29-8-6-11(7-9-29)17(22)30/h2-5,10-11H,6-9H2,1H3,(H2,22,30)(H4,21,23,24,26,27). The van der Waals surface area contributed by atoms with Crippen molar-refractivity contribution < 1.29 is 9.59 Å². The SMILES string of the molecule is CN(c1ccc(C(=O)N2CCC(C(N)=O)CC2)cc1)c1cnc2nc(N)nc(N)c2n1. The van der Waals surface area contributed by atoms with Crippen molar-refractivity contribution in [1.82, 2.24) is 24.8 Å². The maximum atomic E-state index is 12.8. The van der Waals surface area contributed by atoms with E-state index in [0.717, 1.165) is 5.69 Å². The van der Waals surface area contributed by atoms with E-state index >= 15 is 0 Å². The van der Waals surface area contributed by atoms with Gasteiger partial charge in [0, 0.05) is 37.3 Å². The topological polar surface area (TPSA) is 170 Å². The molecule has 160 valence electrons. The van der Waals surface area contributed by atoms with E-state index in [0.29, 0.717) is 48.5 Å². The zero-order chi connectivity index (χ0) is 22.1. The largest absolute Gasteiger partial charge is 0.382 e. The highest BCUT2D eigenvalue weighted by Gasteiger charge is 2.26. The van der Waals surface area contributed by atoms with E-state index in [1.54, 1.807) is 23.2 Å². The molecule has 2 aromatic heterocycles. The second-order valence-corrected chi connectivity index (χ2v) is 7.44. The Hall–Kier alpha value is -4.02. The molecule has 0 unspecified atom stereocenters. The van der Waals surface area contributed by atoms with Crippen molar-refractivity contribution in [2.45, 2.75) is 12.8 Å². The number of aromatic nitrogens is 4. The normalized spacial score (nSPS) is 14.5. The second-order valence-electron chi connectivity index (χ2n) is 7.44. The highest BCUT2D eigenvalue weighted by molar-refractivity contribution is 5.95. The van der Waals surface area contributed by atoms with Gasteiger partial charge in [0.15, 0.2) is 22.8 Å². The van der Waals surface area contributed by atoms with Gasteiger partial charge in [-0.3, -0.25) is 9.59 Å². The minimum Gasteiger partial charge on any atom is -0.382 e. The second kappa shape index (κ2) is 8.01. The summed E-state index contributed by atoms with van der Waals surface area (Å²) in [5, 5.41) is 0. The van der Waals surface area contributed by atoms with Crippen LogP contribution in [0.25, 0.3) is 11.2 Å². The molecular formula is C20H23N9O2. The lowest BCUT2D eigenvalue weighted by Crippen LogP contribution is -2.41. The molecule has 1 aromatic carbocycles. The van der Waals surface area contributed by atoms with Crippen LogP contribution in [0.1, 0.15) is 23.2 Å². The van der Waals surface area contributed by atoms with Crippen LogP contribution in [0.2, 0.25) is 0 Å². The molecular weight excluding hydrogens is 398 g/mol. The van der Waals surface area contributed by atoms with Crippen LogP contribution in [0.5, 0.6) is 0 Å². The van der Waals surface area contributed by atoms with Crippen LogP contribution in [0.15, 0.2) is 30.5 Å². The summed E-state index contributed by atoms with van der Waals surface area (Å²) in [5.74, 6) is 0.225. The third kappa shape index (κ3) is 4.02. The van der Waals surface area contributed by atoms with Gasteiger partial charge in [-0.15, -0.1) is 0 Å². The molecule has 31 heavy (non-hydrogen) atoms. The fraction of sp³-hybridized carbons (Fsp3) is 0.300. The van der Waals surface area contributed by atoms with E-state index in [-0.39, 0.29) is 29.5 Å². The van der Waals surface area contributed by atoms with E-state index in [4.69, 9.17) is 17.2 Å². The maximum Gasteiger partial charge on any atom is 0.253 e. The predicted octanol–water partition coefficient (Wildman–Crippen LogP) is 0.690. The zero-order valence-corrected chi connectivity index (χ0v) is 17.0. The van der Waals surface area contributed by atoms with E-state index in [1.165, 1.54) is 0 Å². The molecule has 1 fully saturated rings. The number of fused-ring (bicyclic) bond motifs is 1. The summed E-state index contributed by atoms with van der Waals surface area (Å²) in [5.41, 5.74) is 18.9. The fourth-order valence-corrected chi connectivity index (χ4v) is 3.61. The molecule has 0 atom stereocenters. The quantitative estimate of drug-likeness (QED) is 0.548. The lowest BCUT2D eigenvalue weighted by molar-refractivity contribution is -0.123. The van der Waals surface area contributed by atoms with Crippen molar-refractivity contribution in [1.29, 1.82) is 0 Å². The van der Waals surface area contributed by atoms with Gasteiger partial charge in [0.2, 0.25) is 11.9 Å². The molecule has 0 spiro atoms. The summed E-state index contributed by atoms with van der Waals surface area (Å²) < 4.78 is 0. The molecule has 11 heteroatoms. The summed E-state index contributed by atoms with van der Waals surface area (Å²) in [6, 6.07) is 7.19. The number of amides is 2. The first-order valence-electron chi connectivity index (χ1n) is 9.81. The Morgan fingerprint density at radius 3 is 2.39 bits per heavy atom. The predicted molar refractivity (Wildman–Crippen MR) is 116 cm³/mol. The van der Waals surface area contributed by atoms with Gasteiger partial charge in [0.1, 0.15) is 0 Å². The molecule has 1 aliphatic rings. The number of carbonyl (C=O) groups excluding carboxylic acids is 2. The highest BCUT2D eigenvalue weighted by atomic mass is 16.2. The van der Waals surface area contributed by atoms with E-state index in [1.807, 2.05) is 24.1 Å². The van der Waals surface area contributed by atoms with Crippen LogP contribution in [-0.4, -0.2) is 56.8 Å². The van der Waals surface area contributed by atoms with Gasteiger partial charge in [0.05, 0.1) is 6.20 Å². The molecule has 1 aliphatic heterocycles. The number of likely N-dealkylation sites (tertiary alicyclic amines) is 1. The Morgan fingerprint density at radius 2 is 1.74 bits per heavy atom. The van der Waals surface area contributed by atoms with Crippen LogP contribution < -0.4 is 22.1 Å². The summed E-state index contributed by atoms with van der Waals surface area (Å²) >= 11 is 0. The molecule has 11 nitrogen and oxygen atoms in total. The van der Waals surface area contributed by atoms with Gasteiger partial charge in [-0.25, -0.2) is 9.97 Å². The van der Waals surface area contributed by atoms with Gasteiger partial charge in [-0.2, -0.15) is 9.97 Å². The van der Waals surface area contributed by atoms with Gasteiger partial charge < -0.3 is 27.0 Å². The Bertz CT molecular complexity index is 1140. The third-order valence-electron chi connectivity index (χ3n) is 5.47. The molecule has 3 aromatic rings. The number of primary amides is 1. The Morgan fingerprint density at radius 1 is 1.06 bits per heavy atom. The van der Waals surface area contributed by atoms with Gasteiger partial charge in [-0.1, -0.05) is 0 Å². The monoisotopic (exact) mass is 421 g/mol. The van der Waals surface area contributed by atoms with E-state index in [2.05, 4.69) is 19.9 Å². The van der Waals surface area contributed by atoms with Crippen molar-refractivity contribution in [2.24, 2.45) is 11.7 Å². The molecule has 6 N–H and O–H groups in total. The maximum absolute atomic E-state index is 12.8. The van der Waals surface area contributed by atoms with Crippen molar-refractivity contribution in [3.8, 4) is 0 Å².